The maximum atomic E-state index is 13.9. The van der Waals surface area contributed by atoms with Crippen molar-refractivity contribution < 1.29 is 13.5 Å². The summed E-state index contributed by atoms with van der Waals surface area (Å²) in [5, 5.41) is 3.31. The molecule has 4 heteroatoms. The van der Waals surface area contributed by atoms with Crippen molar-refractivity contribution in [3.05, 3.63) is 34.9 Å². The molecule has 1 atom stereocenters. The number of benzene rings is 1. The summed E-state index contributed by atoms with van der Waals surface area (Å²) < 4.78 is 32.2. The minimum Gasteiger partial charge on any atom is -0.385 e. The van der Waals surface area contributed by atoms with E-state index in [2.05, 4.69) is 12.2 Å². The minimum atomic E-state index is -0.493. The van der Waals surface area contributed by atoms with Gasteiger partial charge in [-0.2, -0.15) is 0 Å². The van der Waals surface area contributed by atoms with Crippen LogP contribution < -0.4 is 5.32 Å². The van der Waals surface area contributed by atoms with Crippen molar-refractivity contribution >= 4 is 0 Å². The number of rotatable bonds is 8. The lowest BCUT2D eigenvalue weighted by atomic mass is 9.99. The van der Waals surface area contributed by atoms with Crippen molar-refractivity contribution in [2.45, 2.75) is 39.2 Å². The van der Waals surface area contributed by atoms with Crippen LogP contribution in [0.1, 0.15) is 43.4 Å². The van der Waals surface area contributed by atoms with Crippen LogP contribution in [0.3, 0.4) is 0 Å². The van der Waals surface area contributed by atoms with E-state index in [0.717, 1.165) is 31.9 Å². The van der Waals surface area contributed by atoms with Gasteiger partial charge in [0.05, 0.1) is 0 Å². The normalized spacial score (nSPS) is 12.7. The van der Waals surface area contributed by atoms with Crippen LogP contribution in [0.4, 0.5) is 8.78 Å². The number of methoxy groups -OCH3 is 1. The third kappa shape index (κ3) is 4.88. The predicted molar refractivity (Wildman–Crippen MR) is 73.2 cm³/mol. The second kappa shape index (κ2) is 8.23. The van der Waals surface area contributed by atoms with E-state index in [9.17, 15) is 8.78 Å². The summed E-state index contributed by atoms with van der Waals surface area (Å²) in [6.07, 6.45) is 2.59. The zero-order valence-electron chi connectivity index (χ0n) is 11.9. The molecule has 2 nitrogen and oxygen atoms in total. The average Bonchev–Trinajstić information content (AvgIpc) is 2.38. The second-order valence-corrected chi connectivity index (χ2v) is 4.76. The average molecular weight is 271 g/mol. The molecule has 0 amide bonds. The molecule has 0 aromatic heterocycles. The highest BCUT2D eigenvalue weighted by atomic mass is 19.1. The van der Waals surface area contributed by atoms with Crippen LogP contribution in [0.5, 0.6) is 0 Å². The Labute approximate surface area is 114 Å². The van der Waals surface area contributed by atoms with Gasteiger partial charge in [0.15, 0.2) is 0 Å². The summed E-state index contributed by atoms with van der Waals surface area (Å²) in [6, 6.07) is 2.49. The largest absolute Gasteiger partial charge is 0.385 e. The first kappa shape index (κ1) is 16.1. The summed E-state index contributed by atoms with van der Waals surface area (Å²) in [6.45, 7) is 5.18. The van der Waals surface area contributed by atoms with Crippen molar-refractivity contribution in [3.63, 3.8) is 0 Å². The van der Waals surface area contributed by atoms with E-state index in [-0.39, 0.29) is 6.04 Å². The molecule has 0 saturated heterocycles. The van der Waals surface area contributed by atoms with E-state index >= 15 is 0 Å². The maximum Gasteiger partial charge on any atom is 0.130 e. The Morgan fingerprint density at radius 1 is 1.26 bits per heavy atom. The van der Waals surface area contributed by atoms with Crippen molar-refractivity contribution in [2.24, 2.45) is 0 Å². The van der Waals surface area contributed by atoms with Crippen LogP contribution >= 0.6 is 0 Å². The molecule has 1 unspecified atom stereocenters. The third-order valence-electron chi connectivity index (χ3n) is 3.14. The van der Waals surface area contributed by atoms with Crippen molar-refractivity contribution in [1.29, 1.82) is 0 Å². The molecule has 19 heavy (non-hydrogen) atoms. The summed E-state index contributed by atoms with van der Waals surface area (Å²) in [7, 11) is 1.65. The first-order valence-electron chi connectivity index (χ1n) is 6.78. The van der Waals surface area contributed by atoms with Crippen molar-refractivity contribution in [1.82, 2.24) is 5.32 Å². The smallest absolute Gasteiger partial charge is 0.130 e. The number of ether oxygens (including phenoxy) is 1. The maximum absolute atomic E-state index is 13.9. The molecule has 1 aromatic rings. The van der Waals surface area contributed by atoms with Gasteiger partial charge in [-0.15, -0.1) is 0 Å². The second-order valence-electron chi connectivity index (χ2n) is 4.76. The van der Waals surface area contributed by atoms with Gasteiger partial charge in [0.1, 0.15) is 11.6 Å². The Morgan fingerprint density at radius 3 is 2.63 bits per heavy atom. The zero-order valence-corrected chi connectivity index (χ0v) is 11.9. The van der Waals surface area contributed by atoms with Crippen LogP contribution in [0.25, 0.3) is 0 Å². The van der Waals surface area contributed by atoms with Crippen LogP contribution in [0.15, 0.2) is 12.1 Å². The number of hydrogen-bond acceptors (Lipinski definition) is 2. The minimum absolute atomic E-state index is 0.0885. The van der Waals surface area contributed by atoms with E-state index in [1.807, 2.05) is 0 Å². The Bertz CT molecular complexity index is 396. The van der Waals surface area contributed by atoms with Gasteiger partial charge in [-0.1, -0.05) is 6.92 Å². The molecule has 1 N–H and O–H groups in total. The van der Waals surface area contributed by atoms with Crippen LogP contribution in [-0.2, 0) is 4.74 Å². The van der Waals surface area contributed by atoms with E-state index in [1.165, 1.54) is 0 Å². The monoisotopic (exact) mass is 271 g/mol. The van der Waals surface area contributed by atoms with Gasteiger partial charge < -0.3 is 10.1 Å². The Morgan fingerprint density at radius 2 is 2.00 bits per heavy atom. The van der Waals surface area contributed by atoms with Gasteiger partial charge >= 0.3 is 0 Å². The fraction of sp³-hybridized carbons (Fsp3) is 0.600. The zero-order chi connectivity index (χ0) is 14.3. The Balaban J connectivity index is 2.85. The van der Waals surface area contributed by atoms with Gasteiger partial charge in [-0.25, -0.2) is 8.78 Å². The van der Waals surface area contributed by atoms with Gasteiger partial charge in [-0.3, -0.25) is 0 Å². The van der Waals surface area contributed by atoms with Gasteiger partial charge in [0, 0.05) is 31.4 Å². The van der Waals surface area contributed by atoms with Crippen LogP contribution in [-0.4, -0.2) is 20.3 Å². The summed E-state index contributed by atoms with van der Waals surface area (Å²) >= 11 is 0. The van der Waals surface area contributed by atoms with Crippen molar-refractivity contribution in [3.8, 4) is 0 Å². The topological polar surface area (TPSA) is 21.3 Å². The molecule has 0 aliphatic carbocycles. The van der Waals surface area contributed by atoms with E-state index in [1.54, 1.807) is 20.1 Å². The fourth-order valence-corrected chi connectivity index (χ4v) is 2.06. The molecule has 0 heterocycles. The number of nitrogens with one attached hydrogen (secondary N) is 1. The van der Waals surface area contributed by atoms with Gasteiger partial charge in [0.2, 0.25) is 0 Å². The van der Waals surface area contributed by atoms with Gasteiger partial charge in [-0.05, 0) is 44.4 Å². The molecule has 0 fully saturated rings. The molecule has 0 aliphatic rings. The van der Waals surface area contributed by atoms with Crippen molar-refractivity contribution in [2.75, 3.05) is 20.3 Å². The quantitative estimate of drug-likeness (QED) is 0.727. The number of hydrogen-bond donors (Lipinski definition) is 1. The van der Waals surface area contributed by atoms with Gasteiger partial charge in [0.25, 0.3) is 0 Å². The number of halogens is 2. The summed E-state index contributed by atoms with van der Waals surface area (Å²) in [5.41, 5.74) is 1.02. The molecule has 0 saturated carbocycles. The SMILES string of the molecule is CCCNC(CCCOC)c1cc(C)c(F)cc1F. The van der Waals surface area contributed by atoms with E-state index in [4.69, 9.17) is 4.74 Å². The lowest BCUT2D eigenvalue weighted by Gasteiger charge is -2.20. The summed E-state index contributed by atoms with van der Waals surface area (Å²) in [5.74, 6) is -0.971. The predicted octanol–water partition coefficient (Wildman–Crippen LogP) is 3.74. The number of aryl methyl sites for hydroxylation is 1. The lowest BCUT2D eigenvalue weighted by molar-refractivity contribution is 0.188. The molecule has 0 radical (unpaired) electrons. The van der Waals surface area contributed by atoms with E-state index < -0.39 is 11.6 Å². The molecular formula is C15H23F2NO. The molecule has 0 spiro atoms. The Hall–Kier alpha value is -1.00. The highest BCUT2D eigenvalue weighted by molar-refractivity contribution is 5.28. The molecule has 0 bridgehead atoms. The first-order chi connectivity index (χ1) is 9.10. The fourth-order valence-electron chi connectivity index (χ4n) is 2.06. The summed E-state index contributed by atoms with van der Waals surface area (Å²) in [4.78, 5) is 0. The van der Waals surface area contributed by atoms with Crippen LogP contribution in [0, 0.1) is 18.6 Å². The Kier molecular flexibility index (Phi) is 6.95. The molecule has 1 aromatic carbocycles. The first-order valence-corrected chi connectivity index (χ1v) is 6.78. The van der Waals surface area contributed by atoms with Crippen LogP contribution in [0.2, 0.25) is 0 Å². The highest BCUT2D eigenvalue weighted by Crippen LogP contribution is 2.24. The standard InChI is InChI=1S/C15H23F2NO/c1-4-7-18-15(6-5-8-19-3)12-9-11(2)13(16)10-14(12)17/h9-10,15,18H,4-8H2,1-3H3. The lowest BCUT2D eigenvalue weighted by Crippen LogP contribution is -2.23. The molecule has 108 valence electrons. The van der Waals surface area contributed by atoms with E-state index in [0.29, 0.717) is 17.7 Å². The molecular weight excluding hydrogens is 248 g/mol. The third-order valence-corrected chi connectivity index (χ3v) is 3.14. The molecule has 0 aliphatic heterocycles. The highest BCUT2D eigenvalue weighted by Gasteiger charge is 2.16. The molecule has 1 rings (SSSR count).